The monoisotopic (exact) mass is 331 g/mol. The molecule has 124 valence electrons. The first-order valence-electron chi connectivity index (χ1n) is 8.16. The Morgan fingerprint density at radius 1 is 1.16 bits per heavy atom. The van der Waals surface area contributed by atoms with Crippen molar-refractivity contribution in [1.82, 2.24) is 15.0 Å². The molecule has 2 heterocycles. The molecule has 0 amide bonds. The van der Waals surface area contributed by atoms with Crippen molar-refractivity contribution in [3.05, 3.63) is 77.6 Å². The number of para-hydroxylation sites is 1. The van der Waals surface area contributed by atoms with Crippen molar-refractivity contribution in [2.24, 2.45) is 0 Å². The van der Waals surface area contributed by atoms with E-state index in [2.05, 4.69) is 33.4 Å². The van der Waals surface area contributed by atoms with Crippen molar-refractivity contribution in [3.8, 4) is 6.07 Å². The zero-order chi connectivity index (χ0) is 17.1. The van der Waals surface area contributed by atoms with Gasteiger partial charge in [0, 0.05) is 12.2 Å². The molecule has 0 aliphatic carbocycles. The quantitative estimate of drug-likeness (QED) is 0.735. The van der Waals surface area contributed by atoms with E-state index in [1.54, 1.807) is 10.7 Å². The average Bonchev–Trinajstić information content (AvgIpc) is 3.32. The van der Waals surface area contributed by atoms with Gasteiger partial charge in [-0.1, -0.05) is 35.5 Å². The van der Waals surface area contributed by atoms with Crippen LogP contribution in [0, 0.1) is 11.3 Å². The highest BCUT2D eigenvalue weighted by atomic mass is 16.5. The number of ether oxygens (including phenoxy) is 1. The smallest absolute Gasteiger partial charge is 0.177 e. The fourth-order valence-corrected chi connectivity index (χ4v) is 3.03. The summed E-state index contributed by atoms with van der Waals surface area (Å²) in [5, 5.41) is 17.5. The SMILES string of the molecule is N#Cc1cccc(Cn2cc([C@@H]3OCCN3c3ccccc3)nn2)c1. The van der Waals surface area contributed by atoms with Crippen LogP contribution in [0.25, 0.3) is 0 Å². The lowest BCUT2D eigenvalue weighted by atomic mass is 10.1. The highest BCUT2D eigenvalue weighted by Gasteiger charge is 2.29. The van der Waals surface area contributed by atoms with Crippen LogP contribution < -0.4 is 4.90 Å². The number of nitriles is 1. The molecule has 4 rings (SSSR count). The lowest BCUT2D eigenvalue weighted by Gasteiger charge is -2.23. The van der Waals surface area contributed by atoms with Crippen LogP contribution in [0.1, 0.15) is 23.0 Å². The number of nitrogens with zero attached hydrogens (tertiary/aromatic N) is 5. The molecule has 25 heavy (non-hydrogen) atoms. The maximum atomic E-state index is 9.01. The van der Waals surface area contributed by atoms with Gasteiger partial charge in [0.1, 0.15) is 5.69 Å². The van der Waals surface area contributed by atoms with Crippen LogP contribution in [-0.2, 0) is 11.3 Å². The molecule has 1 aliphatic rings. The van der Waals surface area contributed by atoms with Gasteiger partial charge < -0.3 is 9.64 Å². The Balaban J connectivity index is 1.53. The normalized spacial score (nSPS) is 16.8. The zero-order valence-electron chi connectivity index (χ0n) is 13.6. The molecule has 0 N–H and O–H groups in total. The summed E-state index contributed by atoms with van der Waals surface area (Å²) in [5.74, 6) is 0. The number of rotatable bonds is 4. The molecule has 1 aromatic heterocycles. The van der Waals surface area contributed by atoms with Crippen molar-refractivity contribution >= 4 is 5.69 Å². The third kappa shape index (κ3) is 3.23. The Morgan fingerprint density at radius 3 is 2.88 bits per heavy atom. The predicted molar refractivity (Wildman–Crippen MR) is 92.8 cm³/mol. The number of hydrogen-bond acceptors (Lipinski definition) is 5. The summed E-state index contributed by atoms with van der Waals surface area (Å²) in [7, 11) is 0. The minimum atomic E-state index is -0.221. The Morgan fingerprint density at radius 2 is 2.04 bits per heavy atom. The van der Waals surface area contributed by atoms with Crippen LogP contribution in [0.5, 0.6) is 0 Å². The van der Waals surface area contributed by atoms with Crippen molar-refractivity contribution in [3.63, 3.8) is 0 Å². The van der Waals surface area contributed by atoms with E-state index in [0.717, 1.165) is 23.5 Å². The molecule has 6 nitrogen and oxygen atoms in total. The van der Waals surface area contributed by atoms with Crippen molar-refractivity contribution in [1.29, 1.82) is 5.26 Å². The number of aromatic nitrogens is 3. The lowest BCUT2D eigenvalue weighted by Crippen LogP contribution is -2.23. The molecule has 0 bridgehead atoms. The molecule has 0 unspecified atom stereocenters. The summed E-state index contributed by atoms with van der Waals surface area (Å²) in [4.78, 5) is 2.19. The Labute approximate surface area is 145 Å². The highest BCUT2D eigenvalue weighted by molar-refractivity contribution is 5.48. The second-order valence-electron chi connectivity index (χ2n) is 5.91. The largest absolute Gasteiger partial charge is 0.350 e. The topological polar surface area (TPSA) is 67.0 Å². The van der Waals surface area contributed by atoms with Crippen LogP contribution in [0.4, 0.5) is 5.69 Å². The molecule has 1 fully saturated rings. The molecule has 0 radical (unpaired) electrons. The Bertz CT molecular complexity index is 899. The van der Waals surface area contributed by atoms with E-state index in [1.165, 1.54) is 0 Å². The van der Waals surface area contributed by atoms with Crippen molar-refractivity contribution < 1.29 is 4.74 Å². The molecule has 1 atom stereocenters. The fourth-order valence-electron chi connectivity index (χ4n) is 3.03. The van der Waals surface area contributed by atoms with Crippen LogP contribution in [-0.4, -0.2) is 28.1 Å². The van der Waals surface area contributed by atoms with Gasteiger partial charge in [0.15, 0.2) is 6.23 Å². The maximum absolute atomic E-state index is 9.01. The molecule has 2 aromatic carbocycles. The Kier molecular flexibility index (Phi) is 4.15. The second-order valence-corrected chi connectivity index (χ2v) is 5.91. The molecule has 6 heteroatoms. The van der Waals surface area contributed by atoms with Crippen molar-refractivity contribution in [2.75, 3.05) is 18.1 Å². The summed E-state index contributed by atoms with van der Waals surface area (Å²) >= 11 is 0. The summed E-state index contributed by atoms with van der Waals surface area (Å²) in [6.45, 7) is 2.06. The Hall–Kier alpha value is -3.17. The van der Waals surface area contributed by atoms with E-state index in [-0.39, 0.29) is 6.23 Å². The van der Waals surface area contributed by atoms with E-state index in [9.17, 15) is 0 Å². The standard InChI is InChI=1S/C19H17N5O/c20-12-15-5-4-6-16(11-15)13-23-14-18(21-22-23)19-24(9-10-25-19)17-7-2-1-3-8-17/h1-8,11,14,19H,9-10,13H2/t19-/m0/s1. The summed E-state index contributed by atoms with van der Waals surface area (Å²) in [6, 6.07) is 19.8. The average molecular weight is 331 g/mol. The van der Waals surface area contributed by atoms with Crippen LogP contribution >= 0.6 is 0 Å². The fraction of sp³-hybridized carbons (Fsp3) is 0.211. The molecule has 0 saturated carbocycles. The van der Waals surface area contributed by atoms with E-state index in [4.69, 9.17) is 10.00 Å². The molecular formula is C19H17N5O. The van der Waals surface area contributed by atoms with Gasteiger partial charge in [-0.3, -0.25) is 0 Å². The van der Waals surface area contributed by atoms with Crippen LogP contribution in [0.15, 0.2) is 60.8 Å². The van der Waals surface area contributed by atoms with Gasteiger partial charge in [-0.15, -0.1) is 5.10 Å². The highest BCUT2D eigenvalue weighted by Crippen LogP contribution is 2.30. The van der Waals surface area contributed by atoms with E-state index < -0.39 is 0 Å². The van der Waals surface area contributed by atoms with E-state index >= 15 is 0 Å². The number of benzene rings is 2. The first kappa shape index (κ1) is 15.4. The summed E-state index contributed by atoms with van der Waals surface area (Å²) in [6.07, 6.45) is 1.69. The first-order valence-corrected chi connectivity index (χ1v) is 8.16. The van der Waals surface area contributed by atoms with Gasteiger partial charge >= 0.3 is 0 Å². The second kappa shape index (κ2) is 6.75. The van der Waals surface area contributed by atoms with E-state index in [0.29, 0.717) is 18.7 Å². The van der Waals surface area contributed by atoms with Gasteiger partial charge in [-0.25, -0.2) is 4.68 Å². The van der Waals surface area contributed by atoms with Crippen LogP contribution in [0.2, 0.25) is 0 Å². The predicted octanol–water partition coefficient (Wildman–Crippen LogP) is 2.73. The number of anilines is 1. The van der Waals surface area contributed by atoms with Crippen LogP contribution in [0.3, 0.4) is 0 Å². The van der Waals surface area contributed by atoms with Gasteiger partial charge in [0.25, 0.3) is 0 Å². The molecule has 0 spiro atoms. The van der Waals surface area contributed by atoms with Crippen molar-refractivity contribution in [2.45, 2.75) is 12.8 Å². The van der Waals surface area contributed by atoms with Gasteiger partial charge in [-0.2, -0.15) is 5.26 Å². The zero-order valence-corrected chi connectivity index (χ0v) is 13.6. The summed E-state index contributed by atoms with van der Waals surface area (Å²) in [5.41, 5.74) is 3.56. The van der Waals surface area contributed by atoms with Gasteiger partial charge in [0.05, 0.1) is 31.0 Å². The minimum Gasteiger partial charge on any atom is -0.350 e. The maximum Gasteiger partial charge on any atom is 0.177 e. The molecule has 1 saturated heterocycles. The first-order chi connectivity index (χ1) is 12.3. The van der Waals surface area contributed by atoms with Gasteiger partial charge in [0.2, 0.25) is 0 Å². The molecular weight excluding hydrogens is 314 g/mol. The minimum absolute atomic E-state index is 0.221. The van der Waals surface area contributed by atoms with E-state index in [1.807, 2.05) is 42.6 Å². The summed E-state index contributed by atoms with van der Waals surface area (Å²) < 4.78 is 7.65. The lowest BCUT2D eigenvalue weighted by molar-refractivity contribution is 0.110. The third-order valence-corrected chi connectivity index (χ3v) is 4.19. The third-order valence-electron chi connectivity index (χ3n) is 4.19. The van der Waals surface area contributed by atoms with Gasteiger partial charge in [-0.05, 0) is 29.8 Å². The number of hydrogen-bond donors (Lipinski definition) is 0. The molecule has 3 aromatic rings. The molecule has 1 aliphatic heterocycles.